The molecule has 0 amide bonds. The van der Waals surface area contributed by atoms with E-state index in [-0.39, 0.29) is 12.2 Å². The zero-order valence-electron chi connectivity index (χ0n) is 8.67. The molecule has 0 fully saturated rings. The summed E-state index contributed by atoms with van der Waals surface area (Å²) in [7, 11) is 0. The Morgan fingerprint density at radius 1 is 1.35 bits per heavy atom. The largest absolute Gasteiger partial charge is 0.389 e. The number of H-pyrrole nitrogens is 1. The fraction of sp³-hybridized carbons (Fsp3) is 0.273. The summed E-state index contributed by atoms with van der Waals surface area (Å²) in [4.78, 5) is 6.81. The van der Waals surface area contributed by atoms with Crippen LogP contribution in [0.1, 0.15) is 17.8 Å². The van der Waals surface area contributed by atoms with Gasteiger partial charge in [0.2, 0.25) is 0 Å². The van der Waals surface area contributed by atoms with E-state index < -0.39 is 12.6 Å². The minimum Gasteiger partial charge on any atom is -0.342 e. The van der Waals surface area contributed by atoms with Crippen molar-refractivity contribution in [2.24, 2.45) is 0 Å². The van der Waals surface area contributed by atoms with Gasteiger partial charge in [-0.05, 0) is 18.2 Å². The highest BCUT2D eigenvalue weighted by Gasteiger charge is 2.27. The van der Waals surface area contributed by atoms with Crippen LogP contribution in [0.25, 0.3) is 11.0 Å². The highest BCUT2D eigenvalue weighted by Crippen LogP contribution is 2.22. The molecular formula is C11H8F3N3. The first-order valence-electron chi connectivity index (χ1n) is 4.93. The van der Waals surface area contributed by atoms with Crippen molar-refractivity contribution in [3.63, 3.8) is 0 Å². The lowest BCUT2D eigenvalue weighted by atomic mass is 10.2. The molecule has 0 saturated heterocycles. The third-order valence-corrected chi connectivity index (χ3v) is 2.31. The number of nitrogens with one attached hydrogen (secondary N) is 1. The van der Waals surface area contributed by atoms with Crippen molar-refractivity contribution < 1.29 is 13.2 Å². The van der Waals surface area contributed by atoms with Crippen molar-refractivity contribution in [1.29, 1.82) is 5.26 Å². The maximum absolute atomic E-state index is 12.0. The molecule has 0 aliphatic rings. The van der Waals surface area contributed by atoms with E-state index in [0.29, 0.717) is 16.6 Å². The number of hydrogen-bond donors (Lipinski definition) is 1. The van der Waals surface area contributed by atoms with Gasteiger partial charge in [-0.1, -0.05) is 0 Å². The molecule has 17 heavy (non-hydrogen) atoms. The fourth-order valence-corrected chi connectivity index (χ4v) is 1.51. The standard InChI is InChI=1S/C11H8F3N3/c12-11(13,14)4-3-10-16-8-2-1-7(6-15)5-9(8)17-10/h1-2,5H,3-4H2,(H,16,17). The van der Waals surface area contributed by atoms with Crippen molar-refractivity contribution in [1.82, 2.24) is 9.97 Å². The molecule has 0 saturated carbocycles. The first kappa shape index (κ1) is 11.5. The summed E-state index contributed by atoms with van der Waals surface area (Å²) in [5, 5.41) is 8.68. The second-order valence-electron chi connectivity index (χ2n) is 3.64. The lowest BCUT2D eigenvalue weighted by Crippen LogP contribution is -2.09. The Bertz CT molecular complexity index is 578. The van der Waals surface area contributed by atoms with Gasteiger partial charge in [0.05, 0.1) is 29.1 Å². The Balaban J connectivity index is 2.23. The van der Waals surface area contributed by atoms with Gasteiger partial charge in [0.15, 0.2) is 0 Å². The number of aromatic amines is 1. The number of rotatable bonds is 2. The minimum atomic E-state index is -4.18. The molecule has 0 radical (unpaired) electrons. The number of benzene rings is 1. The van der Waals surface area contributed by atoms with E-state index in [2.05, 4.69) is 9.97 Å². The summed E-state index contributed by atoms with van der Waals surface area (Å²) < 4.78 is 36.1. The van der Waals surface area contributed by atoms with E-state index in [0.717, 1.165) is 0 Å². The molecule has 0 atom stereocenters. The van der Waals surface area contributed by atoms with Crippen LogP contribution in [0.15, 0.2) is 18.2 Å². The van der Waals surface area contributed by atoms with Gasteiger partial charge in [0.1, 0.15) is 5.82 Å². The van der Waals surface area contributed by atoms with Crippen molar-refractivity contribution in [2.75, 3.05) is 0 Å². The van der Waals surface area contributed by atoms with Crippen molar-refractivity contribution in [3.05, 3.63) is 29.6 Å². The minimum absolute atomic E-state index is 0.180. The van der Waals surface area contributed by atoms with E-state index in [4.69, 9.17) is 5.26 Å². The molecule has 2 rings (SSSR count). The molecule has 2 aromatic rings. The van der Waals surface area contributed by atoms with E-state index >= 15 is 0 Å². The predicted molar refractivity (Wildman–Crippen MR) is 55.2 cm³/mol. The molecule has 3 nitrogen and oxygen atoms in total. The predicted octanol–water partition coefficient (Wildman–Crippen LogP) is 2.93. The fourth-order valence-electron chi connectivity index (χ4n) is 1.51. The third-order valence-electron chi connectivity index (χ3n) is 2.31. The number of aryl methyl sites for hydroxylation is 1. The number of nitriles is 1. The maximum atomic E-state index is 12.0. The summed E-state index contributed by atoms with van der Waals surface area (Å²) in [6, 6.07) is 6.72. The number of halogens is 3. The zero-order valence-corrected chi connectivity index (χ0v) is 8.67. The third kappa shape index (κ3) is 2.75. The monoisotopic (exact) mass is 239 g/mol. The van der Waals surface area contributed by atoms with Gasteiger partial charge in [0, 0.05) is 6.42 Å². The summed E-state index contributed by atoms with van der Waals surface area (Å²) >= 11 is 0. The first-order chi connectivity index (χ1) is 7.98. The number of alkyl halides is 3. The van der Waals surface area contributed by atoms with Crippen molar-refractivity contribution in [3.8, 4) is 6.07 Å². The van der Waals surface area contributed by atoms with Gasteiger partial charge >= 0.3 is 6.18 Å². The summed E-state index contributed by atoms with van der Waals surface area (Å²) in [5.41, 5.74) is 1.60. The SMILES string of the molecule is N#Cc1ccc2nc(CCC(F)(F)F)[nH]c2c1. The summed E-state index contributed by atoms with van der Waals surface area (Å²) in [6.07, 6.45) is -5.27. The van der Waals surface area contributed by atoms with Gasteiger partial charge in [-0.2, -0.15) is 18.4 Å². The van der Waals surface area contributed by atoms with Gasteiger partial charge in [-0.25, -0.2) is 4.98 Å². The van der Waals surface area contributed by atoms with Gasteiger partial charge in [0.25, 0.3) is 0 Å². The van der Waals surface area contributed by atoms with E-state index in [1.807, 2.05) is 6.07 Å². The Kier molecular flexibility index (Phi) is 2.76. The summed E-state index contributed by atoms with van der Waals surface area (Å²) in [5.74, 6) is 0.285. The van der Waals surface area contributed by atoms with Gasteiger partial charge in [-0.15, -0.1) is 0 Å². The molecule has 1 aromatic heterocycles. The molecule has 0 spiro atoms. The van der Waals surface area contributed by atoms with Crippen LogP contribution in [0.4, 0.5) is 13.2 Å². The second-order valence-corrected chi connectivity index (χ2v) is 3.64. The van der Waals surface area contributed by atoms with Crippen LogP contribution in [0.5, 0.6) is 0 Å². The second kappa shape index (κ2) is 4.09. The zero-order chi connectivity index (χ0) is 12.5. The van der Waals surface area contributed by atoms with E-state index in [9.17, 15) is 13.2 Å². The summed E-state index contributed by atoms with van der Waals surface area (Å²) in [6.45, 7) is 0. The van der Waals surface area contributed by atoms with E-state index in [1.54, 1.807) is 18.2 Å². The molecule has 6 heteroatoms. The van der Waals surface area contributed by atoms with Crippen LogP contribution in [0.2, 0.25) is 0 Å². The lowest BCUT2D eigenvalue weighted by molar-refractivity contribution is -0.134. The molecule has 0 aliphatic heterocycles. The topological polar surface area (TPSA) is 52.5 Å². The average molecular weight is 239 g/mol. The highest BCUT2D eigenvalue weighted by atomic mass is 19.4. The first-order valence-corrected chi connectivity index (χ1v) is 4.93. The Morgan fingerprint density at radius 3 is 2.76 bits per heavy atom. The molecule has 0 aliphatic carbocycles. The van der Waals surface area contributed by atoms with Crippen LogP contribution in [0.3, 0.4) is 0 Å². The van der Waals surface area contributed by atoms with Crippen LogP contribution in [0, 0.1) is 11.3 Å². The Labute approximate surface area is 94.9 Å². The molecule has 1 heterocycles. The van der Waals surface area contributed by atoms with Gasteiger partial charge in [-0.3, -0.25) is 0 Å². The quantitative estimate of drug-likeness (QED) is 0.875. The number of nitrogens with zero attached hydrogens (tertiary/aromatic N) is 2. The Hall–Kier alpha value is -2.03. The van der Waals surface area contributed by atoms with E-state index in [1.165, 1.54) is 0 Å². The molecule has 0 bridgehead atoms. The number of aromatic nitrogens is 2. The molecule has 88 valence electrons. The number of hydrogen-bond acceptors (Lipinski definition) is 2. The molecule has 1 N–H and O–H groups in total. The molecular weight excluding hydrogens is 231 g/mol. The molecule has 1 aromatic carbocycles. The van der Waals surface area contributed by atoms with Crippen LogP contribution >= 0.6 is 0 Å². The number of imidazole rings is 1. The smallest absolute Gasteiger partial charge is 0.342 e. The average Bonchev–Trinajstić information content (AvgIpc) is 2.66. The number of fused-ring (bicyclic) bond motifs is 1. The van der Waals surface area contributed by atoms with Crippen LogP contribution < -0.4 is 0 Å². The van der Waals surface area contributed by atoms with Crippen LogP contribution in [-0.4, -0.2) is 16.1 Å². The lowest BCUT2D eigenvalue weighted by Gasteiger charge is -2.02. The normalized spacial score (nSPS) is 11.6. The van der Waals surface area contributed by atoms with Gasteiger partial charge < -0.3 is 4.98 Å². The molecule has 0 unspecified atom stereocenters. The van der Waals surface area contributed by atoms with Crippen molar-refractivity contribution in [2.45, 2.75) is 19.0 Å². The Morgan fingerprint density at radius 2 is 2.12 bits per heavy atom. The van der Waals surface area contributed by atoms with Crippen LogP contribution in [-0.2, 0) is 6.42 Å². The maximum Gasteiger partial charge on any atom is 0.389 e. The van der Waals surface area contributed by atoms with Crippen molar-refractivity contribution >= 4 is 11.0 Å². The highest BCUT2D eigenvalue weighted by molar-refractivity contribution is 5.76.